The quantitative estimate of drug-likeness (QED) is 0.860. The molecule has 1 spiro atoms. The van der Waals surface area contributed by atoms with E-state index in [4.69, 9.17) is 0 Å². The molecule has 1 aliphatic carbocycles. The molecule has 2 fully saturated rings. The van der Waals surface area contributed by atoms with E-state index in [1.54, 1.807) is 12.4 Å². The van der Waals surface area contributed by atoms with E-state index < -0.39 is 0 Å². The molecular weight excluding hydrogens is 224 g/mol. The Morgan fingerprint density at radius 3 is 2.89 bits per heavy atom. The highest BCUT2D eigenvalue weighted by Crippen LogP contribution is 2.35. The Hall–Kier alpha value is -1.00. The first kappa shape index (κ1) is 12.1. The molecule has 0 unspecified atom stereocenters. The molecular formula is C14H22N4. The monoisotopic (exact) mass is 246 g/mol. The van der Waals surface area contributed by atoms with Crippen LogP contribution in [0.25, 0.3) is 0 Å². The lowest BCUT2D eigenvalue weighted by molar-refractivity contribution is 0.0198. The Bertz CT molecular complexity index is 364. The minimum absolute atomic E-state index is 0.383. The molecule has 1 N–H and O–H groups in total. The zero-order valence-corrected chi connectivity index (χ0v) is 10.9. The molecule has 18 heavy (non-hydrogen) atoms. The molecule has 1 aromatic rings. The summed E-state index contributed by atoms with van der Waals surface area (Å²) in [6, 6.07) is 0. The third kappa shape index (κ3) is 2.40. The van der Waals surface area contributed by atoms with Gasteiger partial charge in [-0.15, -0.1) is 0 Å². The fraction of sp³-hybridized carbons (Fsp3) is 0.714. The van der Waals surface area contributed by atoms with Crippen LogP contribution in [-0.2, 0) is 6.54 Å². The number of piperazine rings is 1. The van der Waals surface area contributed by atoms with E-state index in [0.717, 1.165) is 31.9 Å². The van der Waals surface area contributed by atoms with Gasteiger partial charge in [-0.05, 0) is 12.8 Å². The molecule has 2 heterocycles. The third-order valence-corrected chi connectivity index (χ3v) is 4.44. The van der Waals surface area contributed by atoms with Gasteiger partial charge in [0.25, 0.3) is 0 Å². The van der Waals surface area contributed by atoms with E-state index in [0.29, 0.717) is 5.54 Å². The lowest BCUT2D eigenvalue weighted by Gasteiger charge is -2.49. The Kier molecular flexibility index (Phi) is 3.57. The molecule has 98 valence electrons. The normalized spacial score (nSPS) is 24.2. The van der Waals surface area contributed by atoms with Crippen molar-refractivity contribution in [3.8, 4) is 0 Å². The fourth-order valence-corrected chi connectivity index (χ4v) is 3.44. The van der Waals surface area contributed by atoms with Crippen LogP contribution in [0.1, 0.15) is 37.8 Å². The molecule has 2 aliphatic rings. The summed E-state index contributed by atoms with van der Waals surface area (Å²) in [7, 11) is 0. The summed E-state index contributed by atoms with van der Waals surface area (Å²) < 4.78 is 0. The lowest BCUT2D eigenvalue weighted by Crippen LogP contribution is -2.61. The van der Waals surface area contributed by atoms with Gasteiger partial charge in [-0.2, -0.15) is 0 Å². The molecule has 1 saturated heterocycles. The minimum atomic E-state index is 0.383. The molecule has 4 heteroatoms. The van der Waals surface area contributed by atoms with Crippen molar-refractivity contribution in [3.63, 3.8) is 0 Å². The van der Waals surface area contributed by atoms with Gasteiger partial charge in [0.2, 0.25) is 0 Å². The largest absolute Gasteiger partial charge is 0.314 e. The smallest absolute Gasteiger partial charge is 0.0727 e. The van der Waals surface area contributed by atoms with Crippen LogP contribution in [0.5, 0.6) is 0 Å². The van der Waals surface area contributed by atoms with Gasteiger partial charge in [0.15, 0.2) is 0 Å². The van der Waals surface area contributed by atoms with E-state index in [2.05, 4.69) is 20.2 Å². The van der Waals surface area contributed by atoms with Gasteiger partial charge >= 0.3 is 0 Å². The van der Waals surface area contributed by atoms with Crippen molar-refractivity contribution in [1.82, 2.24) is 20.2 Å². The highest BCUT2D eigenvalue weighted by Gasteiger charge is 2.39. The van der Waals surface area contributed by atoms with Crippen LogP contribution >= 0.6 is 0 Å². The highest BCUT2D eigenvalue weighted by atomic mass is 15.3. The molecule has 0 atom stereocenters. The molecule has 0 aromatic carbocycles. The topological polar surface area (TPSA) is 41.1 Å². The van der Waals surface area contributed by atoms with Crippen LogP contribution in [0.4, 0.5) is 0 Å². The van der Waals surface area contributed by atoms with Crippen molar-refractivity contribution in [3.05, 3.63) is 24.3 Å². The van der Waals surface area contributed by atoms with Crippen LogP contribution in [0.3, 0.4) is 0 Å². The lowest BCUT2D eigenvalue weighted by atomic mass is 9.79. The molecule has 1 aromatic heterocycles. The molecule has 0 bridgehead atoms. The average molecular weight is 246 g/mol. The maximum atomic E-state index is 4.43. The number of hydrogen-bond acceptors (Lipinski definition) is 4. The first-order valence-electron chi connectivity index (χ1n) is 7.10. The van der Waals surface area contributed by atoms with E-state index in [1.165, 1.54) is 32.1 Å². The molecule has 1 saturated carbocycles. The van der Waals surface area contributed by atoms with E-state index >= 15 is 0 Å². The minimum Gasteiger partial charge on any atom is -0.314 e. The van der Waals surface area contributed by atoms with Crippen LogP contribution in [0.15, 0.2) is 18.6 Å². The maximum Gasteiger partial charge on any atom is 0.0727 e. The van der Waals surface area contributed by atoms with Crippen LogP contribution in [0, 0.1) is 0 Å². The number of nitrogens with one attached hydrogen (secondary N) is 1. The van der Waals surface area contributed by atoms with Crippen LogP contribution < -0.4 is 5.32 Å². The Morgan fingerprint density at radius 1 is 1.22 bits per heavy atom. The fourth-order valence-electron chi connectivity index (χ4n) is 3.44. The number of nitrogens with zero attached hydrogens (tertiary/aromatic N) is 3. The molecule has 3 rings (SSSR count). The van der Waals surface area contributed by atoms with Gasteiger partial charge in [-0.25, -0.2) is 0 Å². The number of aromatic nitrogens is 2. The Morgan fingerprint density at radius 2 is 2.11 bits per heavy atom. The second kappa shape index (κ2) is 5.33. The van der Waals surface area contributed by atoms with E-state index in [-0.39, 0.29) is 0 Å². The third-order valence-electron chi connectivity index (χ3n) is 4.44. The SMILES string of the molecule is c1cnc(CN2CCNCC23CCCCC3)cn1. The predicted molar refractivity (Wildman–Crippen MR) is 71.1 cm³/mol. The van der Waals surface area contributed by atoms with Gasteiger partial charge in [0.05, 0.1) is 5.69 Å². The Balaban J connectivity index is 1.75. The van der Waals surface area contributed by atoms with Gasteiger partial charge in [-0.1, -0.05) is 19.3 Å². The zero-order valence-electron chi connectivity index (χ0n) is 10.9. The number of rotatable bonds is 2. The second-order valence-corrected chi connectivity index (χ2v) is 5.58. The van der Waals surface area contributed by atoms with Gasteiger partial charge in [0.1, 0.15) is 0 Å². The summed E-state index contributed by atoms with van der Waals surface area (Å²) in [6.45, 7) is 4.33. The second-order valence-electron chi connectivity index (χ2n) is 5.58. The first-order valence-corrected chi connectivity index (χ1v) is 7.10. The van der Waals surface area contributed by atoms with Gasteiger partial charge < -0.3 is 5.32 Å². The van der Waals surface area contributed by atoms with Crippen molar-refractivity contribution in [1.29, 1.82) is 0 Å². The molecule has 4 nitrogen and oxygen atoms in total. The summed E-state index contributed by atoms with van der Waals surface area (Å²) in [5.74, 6) is 0. The van der Waals surface area contributed by atoms with Gasteiger partial charge in [-0.3, -0.25) is 14.9 Å². The molecule has 0 radical (unpaired) electrons. The van der Waals surface area contributed by atoms with Crippen molar-refractivity contribution in [2.24, 2.45) is 0 Å². The van der Waals surface area contributed by atoms with Crippen molar-refractivity contribution in [2.45, 2.75) is 44.2 Å². The maximum absolute atomic E-state index is 4.43. The van der Waals surface area contributed by atoms with Crippen molar-refractivity contribution < 1.29 is 0 Å². The zero-order chi connectivity index (χ0) is 12.3. The van der Waals surface area contributed by atoms with Crippen molar-refractivity contribution >= 4 is 0 Å². The first-order chi connectivity index (χ1) is 8.89. The molecule has 0 amide bonds. The standard InChI is InChI=1S/C14H22N4/c1-2-4-14(5-3-1)12-16-8-9-18(14)11-13-10-15-6-7-17-13/h6-7,10,16H,1-5,8-9,11-12H2. The summed E-state index contributed by atoms with van der Waals surface area (Å²) >= 11 is 0. The summed E-state index contributed by atoms with van der Waals surface area (Å²) in [6.07, 6.45) is 12.3. The molecule has 1 aliphatic heterocycles. The summed E-state index contributed by atoms with van der Waals surface area (Å²) in [5, 5.41) is 3.58. The highest BCUT2D eigenvalue weighted by molar-refractivity contribution is 5.02. The summed E-state index contributed by atoms with van der Waals surface area (Å²) in [4.78, 5) is 11.3. The Labute approximate surface area is 109 Å². The average Bonchev–Trinajstić information content (AvgIpc) is 2.44. The predicted octanol–water partition coefficient (Wildman–Crippen LogP) is 1.58. The van der Waals surface area contributed by atoms with Crippen molar-refractivity contribution in [2.75, 3.05) is 19.6 Å². The van der Waals surface area contributed by atoms with Crippen LogP contribution in [0.2, 0.25) is 0 Å². The van der Waals surface area contributed by atoms with Gasteiger partial charge in [0, 0.05) is 50.3 Å². The summed E-state index contributed by atoms with van der Waals surface area (Å²) in [5.41, 5.74) is 1.48. The number of hydrogen-bond donors (Lipinski definition) is 1. The van der Waals surface area contributed by atoms with E-state index in [9.17, 15) is 0 Å². The van der Waals surface area contributed by atoms with E-state index in [1.807, 2.05) is 6.20 Å². The van der Waals surface area contributed by atoms with Crippen LogP contribution in [-0.4, -0.2) is 40.0 Å².